The molecule has 0 N–H and O–H groups in total. The van der Waals surface area contributed by atoms with Gasteiger partial charge in [-0.2, -0.15) is 13.2 Å². The van der Waals surface area contributed by atoms with Gasteiger partial charge >= 0.3 is 6.18 Å². The molecule has 5 heteroatoms. The molecule has 2 rings (SSSR count). The number of carbonyl (C=O) groups excluding carboxylic acids is 1. The van der Waals surface area contributed by atoms with E-state index >= 15 is 0 Å². The molecule has 0 aromatic heterocycles. The van der Waals surface area contributed by atoms with E-state index in [1.54, 1.807) is 0 Å². The van der Waals surface area contributed by atoms with Gasteiger partial charge in [-0.15, -0.1) is 0 Å². The van der Waals surface area contributed by atoms with Crippen LogP contribution < -0.4 is 0 Å². The van der Waals surface area contributed by atoms with Crippen LogP contribution in [0.25, 0.3) is 12.2 Å². The zero-order chi connectivity index (χ0) is 15.5. The molecule has 0 spiro atoms. The average molecular weight is 294 g/mol. The SMILES string of the molecule is O=Cc1ccc(F)c(/C=C/c2cccc(C(F)(F)F)c2)c1. The first-order chi connectivity index (χ1) is 9.90. The molecule has 0 bridgehead atoms. The van der Waals surface area contributed by atoms with Crippen LogP contribution in [-0.4, -0.2) is 6.29 Å². The first-order valence-corrected chi connectivity index (χ1v) is 6.00. The number of alkyl halides is 3. The maximum absolute atomic E-state index is 13.5. The first kappa shape index (κ1) is 15.0. The van der Waals surface area contributed by atoms with Crippen molar-refractivity contribution >= 4 is 18.4 Å². The van der Waals surface area contributed by atoms with Gasteiger partial charge in [-0.3, -0.25) is 4.79 Å². The van der Waals surface area contributed by atoms with Crippen LogP contribution in [0.4, 0.5) is 17.6 Å². The molecule has 1 nitrogen and oxygen atoms in total. The molecular weight excluding hydrogens is 284 g/mol. The molecule has 0 amide bonds. The molecule has 0 unspecified atom stereocenters. The summed E-state index contributed by atoms with van der Waals surface area (Å²) in [7, 11) is 0. The third-order valence-corrected chi connectivity index (χ3v) is 2.83. The van der Waals surface area contributed by atoms with Crippen LogP contribution in [0.5, 0.6) is 0 Å². The Kier molecular flexibility index (Phi) is 4.21. The smallest absolute Gasteiger partial charge is 0.298 e. The summed E-state index contributed by atoms with van der Waals surface area (Å²) in [5.74, 6) is -0.552. The molecule has 2 aromatic carbocycles. The third-order valence-electron chi connectivity index (χ3n) is 2.83. The minimum atomic E-state index is -4.42. The monoisotopic (exact) mass is 294 g/mol. The number of aldehydes is 1. The lowest BCUT2D eigenvalue weighted by atomic mass is 10.1. The Balaban J connectivity index is 2.31. The van der Waals surface area contributed by atoms with Gasteiger partial charge in [0.2, 0.25) is 0 Å². The summed E-state index contributed by atoms with van der Waals surface area (Å²) in [6.07, 6.45) is -1.16. The highest BCUT2D eigenvalue weighted by Gasteiger charge is 2.30. The van der Waals surface area contributed by atoms with Gasteiger partial charge in [-0.1, -0.05) is 24.3 Å². The first-order valence-electron chi connectivity index (χ1n) is 6.00. The van der Waals surface area contributed by atoms with Gasteiger partial charge < -0.3 is 0 Å². The van der Waals surface area contributed by atoms with Gasteiger partial charge in [0, 0.05) is 11.1 Å². The molecule has 0 atom stereocenters. The predicted octanol–water partition coefficient (Wildman–Crippen LogP) is 4.83. The van der Waals surface area contributed by atoms with Crippen LogP contribution in [0.3, 0.4) is 0 Å². The van der Waals surface area contributed by atoms with Crippen LogP contribution in [0.2, 0.25) is 0 Å². The van der Waals surface area contributed by atoms with Crippen molar-refractivity contribution in [3.05, 3.63) is 70.5 Å². The van der Waals surface area contributed by atoms with Crippen molar-refractivity contribution in [2.75, 3.05) is 0 Å². The quantitative estimate of drug-likeness (QED) is 0.450. The second kappa shape index (κ2) is 5.91. The maximum Gasteiger partial charge on any atom is 0.416 e. The summed E-state index contributed by atoms with van der Waals surface area (Å²) < 4.78 is 51.2. The van der Waals surface area contributed by atoms with E-state index in [0.29, 0.717) is 17.4 Å². The molecule has 0 aliphatic rings. The summed E-state index contributed by atoms with van der Waals surface area (Å²) in [6, 6.07) is 8.47. The fourth-order valence-electron chi connectivity index (χ4n) is 1.77. The van der Waals surface area contributed by atoms with E-state index in [0.717, 1.165) is 18.2 Å². The number of halogens is 4. The van der Waals surface area contributed by atoms with E-state index in [2.05, 4.69) is 0 Å². The summed E-state index contributed by atoms with van der Waals surface area (Å²) >= 11 is 0. The van der Waals surface area contributed by atoms with Gasteiger partial charge in [0.25, 0.3) is 0 Å². The fraction of sp³-hybridized carbons (Fsp3) is 0.0625. The number of hydrogen-bond donors (Lipinski definition) is 0. The molecule has 108 valence electrons. The van der Waals surface area contributed by atoms with E-state index in [9.17, 15) is 22.4 Å². The van der Waals surface area contributed by atoms with E-state index in [-0.39, 0.29) is 5.56 Å². The van der Waals surface area contributed by atoms with Crippen LogP contribution in [0.15, 0.2) is 42.5 Å². The van der Waals surface area contributed by atoms with E-state index in [1.165, 1.54) is 36.4 Å². The van der Waals surface area contributed by atoms with Gasteiger partial charge in [-0.25, -0.2) is 4.39 Å². The maximum atomic E-state index is 13.5. The molecule has 0 aliphatic carbocycles. The average Bonchev–Trinajstić information content (AvgIpc) is 2.46. The Labute approximate surface area is 118 Å². The fourth-order valence-corrected chi connectivity index (χ4v) is 1.77. The summed E-state index contributed by atoms with van der Waals surface area (Å²) in [5.41, 5.74) is -0.0513. The Morgan fingerprint density at radius 3 is 2.33 bits per heavy atom. The van der Waals surface area contributed by atoms with Crippen molar-refractivity contribution in [3.63, 3.8) is 0 Å². The standard InChI is InChI=1S/C16H10F4O/c17-15-7-5-12(10-21)8-13(15)6-4-11-2-1-3-14(9-11)16(18,19)20/h1-10H/b6-4+. The van der Waals surface area contributed by atoms with Gasteiger partial charge in [0.05, 0.1) is 5.56 Å². The molecule has 0 fully saturated rings. The highest BCUT2D eigenvalue weighted by Crippen LogP contribution is 2.29. The zero-order valence-corrected chi connectivity index (χ0v) is 10.7. The Bertz CT molecular complexity index is 687. The lowest BCUT2D eigenvalue weighted by molar-refractivity contribution is -0.137. The van der Waals surface area contributed by atoms with Crippen molar-refractivity contribution in [2.45, 2.75) is 6.18 Å². The molecule has 0 aliphatic heterocycles. The minimum absolute atomic E-state index is 0.136. The number of carbonyl (C=O) groups is 1. The second-order valence-corrected chi connectivity index (χ2v) is 4.36. The molecule has 0 saturated carbocycles. The predicted molar refractivity (Wildman–Crippen MR) is 72.2 cm³/mol. The van der Waals surface area contributed by atoms with Crippen molar-refractivity contribution in [1.82, 2.24) is 0 Å². The second-order valence-electron chi connectivity index (χ2n) is 4.36. The van der Waals surface area contributed by atoms with E-state index in [1.807, 2.05) is 0 Å². The van der Waals surface area contributed by atoms with Crippen LogP contribution in [0, 0.1) is 5.82 Å². The van der Waals surface area contributed by atoms with Crippen molar-refractivity contribution in [2.24, 2.45) is 0 Å². The van der Waals surface area contributed by atoms with Crippen LogP contribution in [-0.2, 0) is 6.18 Å². The highest BCUT2D eigenvalue weighted by molar-refractivity contribution is 5.78. The lowest BCUT2D eigenvalue weighted by Crippen LogP contribution is -2.04. The molecule has 0 radical (unpaired) electrons. The van der Waals surface area contributed by atoms with Crippen molar-refractivity contribution < 1.29 is 22.4 Å². The van der Waals surface area contributed by atoms with Crippen LogP contribution in [0.1, 0.15) is 27.0 Å². The molecule has 21 heavy (non-hydrogen) atoms. The Morgan fingerprint density at radius 1 is 0.905 bits per heavy atom. The third kappa shape index (κ3) is 3.78. The number of rotatable bonds is 3. The summed E-state index contributed by atoms with van der Waals surface area (Å²) in [4.78, 5) is 10.6. The topological polar surface area (TPSA) is 17.1 Å². The Hall–Kier alpha value is -2.43. The van der Waals surface area contributed by atoms with E-state index in [4.69, 9.17) is 0 Å². The zero-order valence-electron chi connectivity index (χ0n) is 10.7. The lowest BCUT2D eigenvalue weighted by Gasteiger charge is -2.06. The van der Waals surface area contributed by atoms with Gasteiger partial charge in [-0.05, 0) is 35.9 Å². The highest BCUT2D eigenvalue weighted by atomic mass is 19.4. The van der Waals surface area contributed by atoms with Gasteiger partial charge in [0.15, 0.2) is 0 Å². The summed E-state index contributed by atoms with van der Waals surface area (Å²) in [5, 5.41) is 0. The largest absolute Gasteiger partial charge is 0.416 e. The molecule has 0 saturated heterocycles. The van der Waals surface area contributed by atoms with Crippen molar-refractivity contribution in [1.29, 1.82) is 0 Å². The molecule has 0 heterocycles. The number of hydrogen-bond acceptors (Lipinski definition) is 1. The Morgan fingerprint density at radius 2 is 1.67 bits per heavy atom. The van der Waals surface area contributed by atoms with E-state index < -0.39 is 17.6 Å². The molecule has 2 aromatic rings. The van der Waals surface area contributed by atoms with Gasteiger partial charge in [0.1, 0.15) is 12.1 Å². The van der Waals surface area contributed by atoms with Crippen molar-refractivity contribution in [3.8, 4) is 0 Å². The summed E-state index contributed by atoms with van der Waals surface area (Å²) in [6.45, 7) is 0. The van der Waals surface area contributed by atoms with Crippen LogP contribution >= 0.6 is 0 Å². The number of benzene rings is 2. The normalized spacial score (nSPS) is 11.8. The molecular formula is C16H10F4O. The minimum Gasteiger partial charge on any atom is -0.298 e.